The third-order valence-corrected chi connectivity index (χ3v) is 11.7. The molecular weight excluding hydrogens is 627 g/mol. The van der Waals surface area contributed by atoms with Crippen LogP contribution in [-0.4, -0.2) is 0 Å². The monoisotopic (exact) mass is 661 g/mol. The molecule has 1 fully saturated rings. The molecular formula is C51H35N. The molecule has 0 aliphatic heterocycles. The quantitative estimate of drug-likeness (QED) is 0.166. The molecule has 0 bridgehead atoms. The maximum Gasteiger partial charge on any atom is 0.0540 e. The van der Waals surface area contributed by atoms with Crippen molar-refractivity contribution in [2.24, 2.45) is 0 Å². The molecule has 0 amide bonds. The largest absolute Gasteiger partial charge is 0.310 e. The molecule has 11 rings (SSSR count). The Morgan fingerprint density at radius 2 is 1.04 bits per heavy atom. The maximum absolute atomic E-state index is 2.49. The number of anilines is 3. The number of hydrogen-bond acceptors (Lipinski definition) is 1. The Labute approximate surface area is 304 Å². The molecule has 1 saturated carbocycles. The van der Waals surface area contributed by atoms with E-state index in [1.54, 1.807) is 0 Å². The standard InChI is InChI=1S/C51H35N/c1-2-10-35(11-3-1)44-16-6-7-19-49(44)52(41-27-29-43-39(32-41)21-20-36-12-4-5-15-42(36)43)40-25-22-34(23-26-40)38-24-28-45-46-17-8-13-37-14-9-18-47(50(37)46)51(30-31-51)48(45)33-38/h1-29,32-33H,30-31H2. The average Bonchev–Trinajstić information content (AvgIpc) is 4.02. The van der Waals surface area contributed by atoms with E-state index in [0.29, 0.717) is 0 Å². The van der Waals surface area contributed by atoms with E-state index in [2.05, 4.69) is 193 Å². The van der Waals surface area contributed by atoms with Gasteiger partial charge < -0.3 is 4.90 Å². The van der Waals surface area contributed by atoms with Gasteiger partial charge in [0.2, 0.25) is 0 Å². The molecule has 0 aromatic heterocycles. The molecule has 52 heavy (non-hydrogen) atoms. The minimum atomic E-state index is 0.137. The van der Waals surface area contributed by atoms with Crippen LogP contribution in [0.15, 0.2) is 188 Å². The third kappa shape index (κ3) is 4.42. The van der Waals surface area contributed by atoms with Crippen molar-refractivity contribution in [3.05, 3.63) is 199 Å². The van der Waals surface area contributed by atoms with E-state index in [1.807, 2.05) is 0 Å². The highest BCUT2D eigenvalue weighted by Crippen LogP contribution is 2.61. The molecule has 244 valence electrons. The predicted octanol–water partition coefficient (Wildman–Crippen LogP) is 14.0. The molecule has 0 atom stereocenters. The molecule has 0 N–H and O–H groups in total. The van der Waals surface area contributed by atoms with E-state index in [1.165, 1.54) is 89.7 Å². The predicted molar refractivity (Wildman–Crippen MR) is 220 cm³/mol. The fourth-order valence-corrected chi connectivity index (χ4v) is 9.03. The van der Waals surface area contributed by atoms with Gasteiger partial charge >= 0.3 is 0 Å². The van der Waals surface area contributed by atoms with Gasteiger partial charge in [-0.05, 0) is 121 Å². The zero-order valence-corrected chi connectivity index (χ0v) is 28.8. The van der Waals surface area contributed by atoms with Crippen molar-refractivity contribution >= 4 is 49.4 Å². The van der Waals surface area contributed by atoms with Crippen LogP contribution in [0.2, 0.25) is 0 Å². The Hall–Kier alpha value is -6.44. The van der Waals surface area contributed by atoms with Crippen LogP contribution in [-0.2, 0) is 5.41 Å². The normalized spacial score (nSPS) is 13.8. The maximum atomic E-state index is 2.49. The first-order valence-corrected chi connectivity index (χ1v) is 18.4. The summed E-state index contributed by atoms with van der Waals surface area (Å²) in [5, 5.41) is 7.85. The first kappa shape index (κ1) is 29.3. The van der Waals surface area contributed by atoms with Gasteiger partial charge in [-0.25, -0.2) is 0 Å². The molecule has 0 heterocycles. The number of benzene rings is 9. The summed E-state index contributed by atoms with van der Waals surface area (Å²) in [6, 6.07) is 69.6. The molecule has 2 aliphatic rings. The van der Waals surface area contributed by atoms with Crippen molar-refractivity contribution in [1.29, 1.82) is 0 Å². The second kappa shape index (κ2) is 11.3. The van der Waals surface area contributed by atoms with Gasteiger partial charge in [0, 0.05) is 22.4 Å². The van der Waals surface area contributed by atoms with Crippen molar-refractivity contribution in [2.75, 3.05) is 4.90 Å². The zero-order valence-electron chi connectivity index (χ0n) is 28.8. The highest BCUT2D eigenvalue weighted by molar-refractivity contribution is 6.09. The lowest BCUT2D eigenvalue weighted by atomic mass is 9.74. The highest BCUT2D eigenvalue weighted by atomic mass is 15.1. The summed E-state index contributed by atoms with van der Waals surface area (Å²) in [6.07, 6.45) is 2.43. The van der Waals surface area contributed by atoms with Crippen molar-refractivity contribution in [3.63, 3.8) is 0 Å². The number of nitrogens with zero attached hydrogens (tertiary/aromatic N) is 1. The lowest BCUT2D eigenvalue weighted by molar-refractivity contribution is 0.854. The molecule has 0 saturated heterocycles. The Morgan fingerprint density at radius 1 is 0.365 bits per heavy atom. The van der Waals surface area contributed by atoms with E-state index in [4.69, 9.17) is 0 Å². The number of fused-ring (bicyclic) bond motifs is 7. The van der Waals surface area contributed by atoms with Crippen LogP contribution < -0.4 is 4.90 Å². The van der Waals surface area contributed by atoms with E-state index in [0.717, 1.165) is 17.1 Å². The van der Waals surface area contributed by atoms with E-state index >= 15 is 0 Å². The van der Waals surface area contributed by atoms with Crippen molar-refractivity contribution in [1.82, 2.24) is 0 Å². The Bertz CT molecular complexity index is 2840. The van der Waals surface area contributed by atoms with Gasteiger partial charge in [0.25, 0.3) is 0 Å². The summed E-state index contributed by atoms with van der Waals surface area (Å²) < 4.78 is 0. The molecule has 9 aromatic rings. The van der Waals surface area contributed by atoms with Crippen molar-refractivity contribution < 1.29 is 0 Å². The van der Waals surface area contributed by atoms with Crippen LogP contribution in [0.3, 0.4) is 0 Å². The summed E-state index contributed by atoms with van der Waals surface area (Å²) in [5.74, 6) is 0. The second-order valence-electron chi connectivity index (χ2n) is 14.5. The SMILES string of the molecule is c1ccc(-c2ccccc2N(c2ccc(-c3ccc4c(c3)C3(CC3)c3cccc5cccc-4c35)cc2)c2ccc3c(ccc4ccccc43)c2)cc1. The van der Waals surface area contributed by atoms with Crippen LogP contribution in [0.1, 0.15) is 24.0 Å². The van der Waals surface area contributed by atoms with E-state index in [9.17, 15) is 0 Å². The van der Waals surface area contributed by atoms with E-state index in [-0.39, 0.29) is 5.41 Å². The van der Waals surface area contributed by atoms with Crippen LogP contribution in [0.4, 0.5) is 17.1 Å². The van der Waals surface area contributed by atoms with Crippen LogP contribution in [0.5, 0.6) is 0 Å². The first-order chi connectivity index (χ1) is 25.7. The van der Waals surface area contributed by atoms with E-state index < -0.39 is 0 Å². The summed E-state index contributed by atoms with van der Waals surface area (Å²) in [4.78, 5) is 2.42. The fourth-order valence-electron chi connectivity index (χ4n) is 9.03. The Kier molecular flexibility index (Phi) is 6.36. The van der Waals surface area contributed by atoms with Gasteiger partial charge in [-0.3, -0.25) is 0 Å². The van der Waals surface area contributed by atoms with Gasteiger partial charge in [0.05, 0.1) is 5.69 Å². The Balaban J connectivity index is 1.04. The van der Waals surface area contributed by atoms with Gasteiger partial charge in [-0.1, -0.05) is 152 Å². The van der Waals surface area contributed by atoms with Gasteiger partial charge in [0.1, 0.15) is 0 Å². The number of rotatable bonds is 5. The minimum absolute atomic E-state index is 0.137. The molecule has 9 aromatic carbocycles. The van der Waals surface area contributed by atoms with Gasteiger partial charge in [-0.2, -0.15) is 0 Å². The summed E-state index contributed by atoms with van der Waals surface area (Å²) in [7, 11) is 0. The number of hydrogen-bond donors (Lipinski definition) is 0. The molecule has 0 unspecified atom stereocenters. The fraction of sp³-hybridized carbons (Fsp3) is 0.0588. The van der Waals surface area contributed by atoms with Crippen LogP contribution >= 0.6 is 0 Å². The molecule has 2 aliphatic carbocycles. The number of para-hydroxylation sites is 1. The molecule has 0 radical (unpaired) electrons. The van der Waals surface area contributed by atoms with Gasteiger partial charge in [0.15, 0.2) is 0 Å². The minimum Gasteiger partial charge on any atom is -0.310 e. The van der Waals surface area contributed by atoms with Crippen LogP contribution in [0.25, 0.3) is 65.7 Å². The summed E-state index contributed by atoms with van der Waals surface area (Å²) in [6.45, 7) is 0. The van der Waals surface area contributed by atoms with Gasteiger partial charge in [-0.15, -0.1) is 0 Å². The lowest BCUT2D eigenvalue weighted by Crippen LogP contribution is -2.15. The Morgan fingerprint density at radius 3 is 1.90 bits per heavy atom. The summed E-state index contributed by atoms with van der Waals surface area (Å²) in [5.41, 5.74) is 14.2. The molecule has 1 nitrogen and oxygen atoms in total. The smallest absolute Gasteiger partial charge is 0.0540 e. The van der Waals surface area contributed by atoms with Crippen molar-refractivity contribution in [2.45, 2.75) is 18.3 Å². The average molecular weight is 662 g/mol. The highest BCUT2D eigenvalue weighted by Gasteiger charge is 2.50. The third-order valence-electron chi connectivity index (χ3n) is 11.7. The van der Waals surface area contributed by atoms with Crippen molar-refractivity contribution in [3.8, 4) is 33.4 Å². The topological polar surface area (TPSA) is 3.24 Å². The summed E-state index contributed by atoms with van der Waals surface area (Å²) >= 11 is 0. The van der Waals surface area contributed by atoms with Crippen LogP contribution in [0, 0.1) is 0 Å². The molecule has 1 heteroatoms. The lowest BCUT2D eigenvalue weighted by Gasteiger charge is -2.30. The first-order valence-electron chi connectivity index (χ1n) is 18.4. The second-order valence-corrected chi connectivity index (χ2v) is 14.5. The molecule has 1 spiro atoms. The zero-order chi connectivity index (χ0) is 34.2.